The van der Waals surface area contributed by atoms with E-state index in [1.54, 1.807) is 0 Å². The van der Waals surface area contributed by atoms with Crippen LogP contribution in [0.15, 0.2) is 0 Å². The van der Waals surface area contributed by atoms with Crippen LogP contribution in [-0.4, -0.2) is 41.6 Å². The average molecular weight is 483 g/mol. The summed E-state index contributed by atoms with van der Waals surface area (Å²) < 4.78 is 162. The van der Waals surface area contributed by atoms with Gasteiger partial charge in [-0.1, -0.05) is 27.7 Å². The molecule has 0 aromatic heterocycles. The van der Waals surface area contributed by atoms with Gasteiger partial charge in [0, 0.05) is 23.9 Å². The number of alkyl halides is 12. The van der Waals surface area contributed by atoms with Gasteiger partial charge in [0.2, 0.25) is 0 Å². The van der Waals surface area contributed by atoms with Crippen molar-refractivity contribution in [2.75, 3.05) is 0 Å². The first-order chi connectivity index (χ1) is 13.4. The van der Waals surface area contributed by atoms with E-state index in [0.29, 0.717) is 0 Å². The third-order valence-corrected chi connectivity index (χ3v) is 6.50. The van der Waals surface area contributed by atoms with E-state index in [1.165, 1.54) is 5.32 Å². The molecule has 0 spiro atoms. The van der Waals surface area contributed by atoms with Crippen molar-refractivity contribution in [1.29, 1.82) is 0 Å². The van der Waals surface area contributed by atoms with Gasteiger partial charge >= 0.3 is 24.7 Å². The highest BCUT2D eigenvalue weighted by Crippen LogP contribution is 2.55. The Balaban J connectivity index is 3.93. The van der Waals surface area contributed by atoms with Gasteiger partial charge in [-0.05, 0) is 0 Å². The second kappa shape index (κ2) is 7.98. The average Bonchev–Trinajstić information content (AvgIpc) is 2.54. The molecule has 4 atom stereocenters. The van der Waals surface area contributed by atoms with Crippen LogP contribution in [0, 0.1) is 23.7 Å². The molecule has 1 saturated heterocycles. The number of rotatable bonds is 4. The Morgan fingerprint density at radius 1 is 0.581 bits per heavy atom. The van der Waals surface area contributed by atoms with Crippen LogP contribution in [0.25, 0.3) is 0 Å². The number of carbonyl (C=O) groups excluding carboxylic acids is 1. The molecule has 2 nitrogen and oxygen atoms in total. The minimum atomic E-state index is -5.46. The molecule has 0 radical (unpaired) electrons. The van der Waals surface area contributed by atoms with Crippen LogP contribution in [0.4, 0.5) is 52.7 Å². The first-order valence-electron chi connectivity index (χ1n) is 9.00. The molecule has 0 amide bonds. The Bertz CT molecular complexity index is 566. The Morgan fingerprint density at radius 2 is 0.774 bits per heavy atom. The lowest BCUT2D eigenvalue weighted by Crippen LogP contribution is -2.77. The van der Waals surface area contributed by atoms with E-state index >= 15 is 0 Å². The molecule has 0 aliphatic carbocycles. The summed E-state index contributed by atoms with van der Waals surface area (Å²) in [5.41, 5.74) is -6.96. The zero-order valence-electron chi connectivity index (χ0n) is 16.7. The Kier molecular flexibility index (Phi) is 7.16. The minimum Gasteiger partial charge on any atom is -0.302 e. The van der Waals surface area contributed by atoms with E-state index < -0.39 is 78.1 Å². The highest BCUT2D eigenvalue weighted by molar-refractivity contribution is 5.82. The third-order valence-electron chi connectivity index (χ3n) is 6.50. The number of nitrogens with one attached hydrogen (secondary N) is 1. The Labute approximate surface area is 169 Å². The van der Waals surface area contributed by atoms with Gasteiger partial charge in [-0.2, -0.15) is 52.7 Å². The van der Waals surface area contributed by atoms with E-state index in [2.05, 4.69) is 0 Å². The summed E-state index contributed by atoms with van der Waals surface area (Å²) >= 11 is 0. The number of carbonyl (C=O) groups is 1. The molecule has 0 saturated carbocycles. The normalized spacial score (nSPS) is 30.6. The molecular formula is C17H21F12NO. The van der Waals surface area contributed by atoms with Crippen molar-refractivity contribution in [2.45, 2.75) is 76.3 Å². The van der Waals surface area contributed by atoms with Crippen LogP contribution in [0.5, 0.6) is 0 Å². The number of Topliss-reactive ketones (excluding diaryl/α,β-unsaturated/α-hetero) is 1. The predicted molar refractivity (Wildman–Crippen MR) is 83.7 cm³/mol. The van der Waals surface area contributed by atoms with Crippen molar-refractivity contribution >= 4 is 5.78 Å². The predicted octanol–water partition coefficient (Wildman–Crippen LogP) is 6.21. The molecule has 1 aliphatic rings. The van der Waals surface area contributed by atoms with Gasteiger partial charge in [-0.25, -0.2) is 0 Å². The summed E-state index contributed by atoms with van der Waals surface area (Å²) in [7, 11) is 0. The van der Waals surface area contributed by atoms with Crippen molar-refractivity contribution in [3.63, 3.8) is 0 Å². The van der Waals surface area contributed by atoms with E-state index in [9.17, 15) is 57.5 Å². The number of piperidine rings is 1. The van der Waals surface area contributed by atoms with Gasteiger partial charge in [0.1, 0.15) is 5.78 Å². The number of hydrogen-bond acceptors (Lipinski definition) is 2. The van der Waals surface area contributed by atoms with Gasteiger partial charge in [0.05, 0.1) is 23.7 Å². The van der Waals surface area contributed by atoms with Crippen LogP contribution in [0.1, 0.15) is 40.5 Å². The number of hydrogen-bond donors (Lipinski definition) is 1. The summed E-state index contributed by atoms with van der Waals surface area (Å²) in [6.45, 7) is 0.814. The van der Waals surface area contributed by atoms with Crippen LogP contribution in [0.3, 0.4) is 0 Å². The lowest BCUT2D eigenvalue weighted by Gasteiger charge is -2.58. The third kappa shape index (κ3) is 5.24. The summed E-state index contributed by atoms with van der Waals surface area (Å²) in [4.78, 5) is 12.3. The molecule has 1 aliphatic heterocycles. The smallest absolute Gasteiger partial charge is 0.302 e. The molecule has 31 heavy (non-hydrogen) atoms. The van der Waals surface area contributed by atoms with Gasteiger partial charge in [-0.15, -0.1) is 0 Å². The van der Waals surface area contributed by atoms with E-state index in [0.717, 1.165) is 0 Å². The molecule has 0 aromatic carbocycles. The standard InChI is InChI=1S/C17H21F12NO/c1-7(14(18,19)20)12(8(2)15(21,22)23)5-11(31)6-13(30-12,9(3)16(24,25)26)10(4)17(27,28)29/h7-10,30H,5-6H2,1-4H3. The Morgan fingerprint density at radius 3 is 0.935 bits per heavy atom. The molecule has 14 heteroatoms. The lowest BCUT2D eigenvalue weighted by atomic mass is 9.60. The van der Waals surface area contributed by atoms with E-state index in [-0.39, 0.29) is 27.7 Å². The lowest BCUT2D eigenvalue weighted by molar-refractivity contribution is -0.271. The van der Waals surface area contributed by atoms with Crippen molar-refractivity contribution in [2.24, 2.45) is 23.7 Å². The summed E-state index contributed by atoms with van der Waals surface area (Å²) in [6.07, 6.45) is -24.9. The fourth-order valence-corrected chi connectivity index (χ4v) is 4.20. The van der Waals surface area contributed by atoms with Gasteiger partial charge in [-0.3, -0.25) is 4.79 Å². The molecule has 1 heterocycles. The number of halogens is 12. The van der Waals surface area contributed by atoms with Crippen molar-refractivity contribution in [3.05, 3.63) is 0 Å². The molecular weight excluding hydrogens is 462 g/mol. The molecule has 4 unspecified atom stereocenters. The van der Waals surface area contributed by atoms with E-state index in [4.69, 9.17) is 0 Å². The maximum atomic E-state index is 13.5. The van der Waals surface area contributed by atoms with Gasteiger partial charge < -0.3 is 5.32 Å². The van der Waals surface area contributed by atoms with Crippen molar-refractivity contribution in [1.82, 2.24) is 5.32 Å². The topological polar surface area (TPSA) is 29.1 Å². The number of ketones is 1. The Hall–Kier alpha value is -1.21. The SMILES string of the molecule is CC(C(F)(F)F)C1(C(C)C(F)(F)F)CC(=O)CC(C(C)C(F)(F)F)(C(C)C(F)(F)F)N1. The maximum Gasteiger partial charge on any atom is 0.393 e. The molecule has 0 bridgehead atoms. The maximum absolute atomic E-state index is 13.5. The van der Waals surface area contributed by atoms with Crippen LogP contribution in [0.2, 0.25) is 0 Å². The highest BCUT2D eigenvalue weighted by atomic mass is 19.4. The van der Waals surface area contributed by atoms with Crippen LogP contribution >= 0.6 is 0 Å². The zero-order chi connectivity index (χ0) is 25.0. The monoisotopic (exact) mass is 483 g/mol. The van der Waals surface area contributed by atoms with Gasteiger partial charge in [0.25, 0.3) is 0 Å². The van der Waals surface area contributed by atoms with Gasteiger partial charge in [0.15, 0.2) is 0 Å². The largest absolute Gasteiger partial charge is 0.393 e. The quantitative estimate of drug-likeness (QED) is 0.482. The summed E-state index contributed by atoms with van der Waals surface area (Å²) in [5, 5.41) is 1.54. The van der Waals surface area contributed by atoms with E-state index in [1.807, 2.05) is 0 Å². The second-order valence-electron chi connectivity index (χ2n) is 8.15. The first-order valence-corrected chi connectivity index (χ1v) is 9.00. The van der Waals surface area contributed by atoms with Crippen LogP contribution < -0.4 is 5.32 Å². The summed E-state index contributed by atoms with van der Waals surface area (Å²) in [6, 6.07) is 0. The second-order valence-corrected chi connectivity index (χ2v) is 8.15. The highest BCUT2D eigenvalue weighted by Gasteiger charge is 2.70. The molecule has 0 aromatic rings. The molecule has 184 valence electrons. The zero-order valence-corrected chi connectivity index (χ0v) is 16.7. The molecule has 1 N–H and O–H groups in total. The summed E-state index contributed by atoms with van der Waals surface area (Å²) in [5.74, 6) is -13.9. The molecule has 1 fully saturated rings. The fraction of sp³-hybridized carbons (Fsp3) is 0.941. The van der Waals surface area contributed by atoms with Crippen LogP contribution in [-0.2, 0) is 4.79 Å². The van der Waals surface area contributed by atoms with Crippen molar-refractivity contribution < 1.29 is 57.5 Å². The van der Waals surface area contributed by atoms with Crippen molar-refractivity contribution in [3.8, 4) is 0 Å². The first kappa shape index (κ1) is 27.8. The molecule has 1 rings (SSSR count). The minimum absolute atomic E-state index is 0.203. The fourth-order valence-electron chi connectivity index (χ4n) is 4.20.